The van der Waals surface area contributed by atoms with E-state index in [2.05, 4.69) is 0 Å². The molecular formula is C11H12O3. The van der Waals surface area contributed by atoms with Crippen LogP contribution in [-0.4, -0.2) is 24.6 Å². The molecule has 3 nitrogen and oxygen atoms in total. The van der Waals surface area contributed by atoms with E-state index in [0.29, 0.717) is 6.29 Å². The summed E-state index contributed by atoms with van der Waals surface area (Å²) in [6.07, 6.45) is 2.26. The van der Waals surface area contributed by atoms with Crippen molar-refractivity contribution in [2.24, 2.45) is 0 Å². The Hall–Kier alpha value is -1.61. The molecule has 0 aliphatic carbocycles. The molecule has 1 N–H and O–H groups in total. The summed E-state index contributed by atoms with van der Waals surface area (Å²) in [5.41, 5.74) is 0.896. The first-order chi connectivity index (χ1) is 6.86. The average Bonchev–Trinajstić information content (AvgIpc) is 2.25. The number of hydrogen-bond acceptors (Lipinski definition) is 3. The molecule has 0 spiro atoms. The number of carbonyl (C=O) groups excluding carboxylic acids is 1. The van der Waals surface area contributed by atoms with Crippen molar-refractivity contribution in [1.29, 1.82) is 0 Å². The van der Waals surface area contributed by atoms with E-state index < -0.39 is 0 Å². The molecule has 3 heteroatoms. The maximum Gasteiger partial charge on any atom is 0.184 e. The molecule has 0 saturated heterocycles. The third-order valence-electron chi connectivity index (χ3n) is 1.58. The summed E-state index contributed by atoms with van der Waals surface area (Å²) in [6, 6.07) is 9.38. The molecule has 0 radical (unpaired) electrons. The van der Waals surface area contributed by atoms with Gasteiger partial charge in [-0.2, -0.15) is 0 Å². The minimum Gasteiger partial charge on any atom is -0.488 e. The Balaban J connectivity index is 2.68. The second-order valence-electron chi connectivity index (χ2n) is 2.65. The molecule has 0 saturated carbocycles. The smallest absolute Gasteiger partial charge is 0.184 e. The number of carbonyl (C=O) groups is 1. The van der Waals surface area contributed by atoms with Crippen LogP contribution in [0.3, 0.4) is 0 Å². The lowest BCUT2D eigenvalue weighted by atomic mass is 10.2. The molecule has 1 aromatic carbocycles. The molecule has 74 valence electrons. The monoisotopic (exact) mass is 192 g/mol. The summed E-state index contributed by atoms with van der Waals surface area (Å²) in [5, 5.41) is 8.51. The van der Waals surface area contributed by atoms with Crippen molar-refractivity contribution >= 4 is 12.4 Å². The number of aldehydes is 1. The van der Waals surface area contributed by atoms with E-state index in [-0.39, 0.29) is 19.0 Å². The van der Waals surface area contributed by atoms with Crippen LogP contribution in [0, 0.1) is 0 Å². The van der Waals surface area contributed by atoms with Gasteiger partial charge in [-0.3, -0.25) is 4.79 Å². The Kier molecular flexibility index (Phi) is 4.44. The molecular weight excluding hydrogens is 180 g/mol. The molecule has 0 aliphatic rings. The molecule has 1 rings (SSSR count). The van der Waals surface area contributed by atoms with Crippen molar-refractivity contribution in [1.82, 2.24) is 0 Å². The zero-order valence-corrected chi connectivity index (χ0v) is 7.72. The zero-order valence-electron chi connectivity index (χ0n) is 7.72. The van der Waals surface area contributed by atoms with E-state index >= 15 is 0 Å². The summed E-state index contributed by atoms with van der Waals surface area (Å²) < 4.78 is 4.99. The van der Waals surface area contributed by atoms with E-state index in [1.54, 1.807) is 6.08 Å². The largest absolute Gasteiger partial charge is 0.488 e. The summed E-state index contributed by atoms with van der Waals surface area (Å²) >= 11 is 0. The van der Waals surface area contributed by atoms with E-state index in [0.717, 1.165) is 5.56 Å². The van der Waals surface area contributed by atoms with Crippen LogP contribution in [0.2, 0.25) is 0 Å². The fourth-order valence-electron chi connectivity index (χ4n) is 0.987. The predicted molar refractivity (Wildman–Crippen MR) is 53.5 cm³/mol. The fourth-order valence-corrected chi connectivity index (χ4v) is 0.987. The molecule has 0 bridgehead atoms. The molecule has 14 heavy (non-hydrogen) atoms. The Labute approximate surface area is 82.6 Å². The van der Waals surface area contributed by atoms with Gasteiger partial charge in [-0.05, 0) is 11.6 Å². The minimum atomic E-state index is -0.0973. The molecule has 0 aromatic heterocycles. The second-order valence-corrected chi connectivity index (χ2v) is 2.65. The number of allylic oxidation sites excluding steroid dienone is 1. The first kappa shape index (κ1) is 10.5. The van der Waals surface area contributed by atoms with Gasteiger partial charge >= 0.3 is 0 Å². The van der Waals surface area contributed by atoms with E-state index in [1.165, 1.54) is 0 Å². The summed E-state index contributed by atoms with van der Waals surface area (Å²) in [6.45, 7) is 0.0391. The number of aliphatic hydroxyl groups is 1. The van der Waals surface area contributed by atoms with Crippen molar-refractivity contribution in [3.8, 4) is 0 Å². The van der Waals surface area contributed by atoms with Crippen LogP contribution in [0.25, 0.3) is 6.08 Å². The fraction of sp³-hybridized carbons (Fsp3) is 0.182. The van der Waals surface area contributed by atoms with Crippen LogP contribution >= 0.6 is 0 Å². The van der Waals surface area contributed by atoms with Crippen molar-refractivity contribution in [3.63, 3.8) is 0 Å². The van der Waals surface area contributed by atoms with Crippen LogP contribution in [-0.2, 0) is 9.53 Å². The van der Waals surface area contributed by atoms with Crippen LogP contribution in [0.1, 0.15) is 5.56 Å². The lowest BCUT2D eigenvalue weighted by Gasteiger charge is -2.02. The molecule has 0 heterocycles. The van der Waals surface area contributed by atoms with Gasteiger partial charge < -0.3 is 9.84 Å². The highest BCUT2D eigenvalue weighted by Crippen LogP contribution is 2.05. The van der Waals surface area contributed by atoms with Crippen molar-refractivity contribution in [3.05, 3.63) is 41.7 Å². The Morgan fingerprint density at radius 3 is 2.64 bits per heavy atom. The van der Waals surface area contributed by atoms with Gasteiger partial charge in [0.25, 0.3) is 0 Å². The number of rotatable bonds is 5. The lowest BCUT2D eigenvalue weighted by molar-refractivity contribution is -0.107. The average molecular weight is 192 g/mol. The summed E-state index contributed by atoms with van der Waals surface area (Å²) in [7, 11) is 0. The normalized spacial score (nSPS) is 11.1. The predicted octanol–water partition coefficient (Wildman–Crippen LogP) is 1.24. The molecule has 1 aromatic rings. The van der Waals surface area contributed by atoms with E-state index in [4.69, 9.17) is 9.84 Å². The third-order valence-corrected chi connectivity index (χ3v) is 1.58. The number of benzene rings is 1. The van der Waals surface area contributed by atoms with Crippen LogP contribution in [0.15, 0.2) is 36.1 Å². The first-order valence-corrected chi connectivity index (χ1v) is 4.32. The van der Waals surface area contributed by atoms with Crippen LogP contribution in [0.5, 0.6) is 0 Å². The third kappa shape index (κ3) is 3.41. The van der Waals surface area contributed by atoms with E-state index in [1.807, 2.05) is 30.3 Å². The van der Waals surface area contributed by atoms with Crippen LogP contribution < -0.4 is 0 Å². The van der Waals surface area contributed by atoms with Crippen LogP contribution in [0.4, 0.5) is 0 Å². The zero-order chi connectivity index (χ0) is 10.2. The highest BCUT2D eigenvalue weighted by atomic mass is 16.5. The topological polar surface area (TPSA) is 46.5 Å². The Morgan fingerprint density at radius 2 is 2.07 bits per heavy atom. The van der Waals surface area contributed by atoms with Gasteiger partial charge in [-0.1, -0.05) is 30.3 Å². The van der Waals surface area contributed by atoms with Gasteiger partial charge in [-0.15, -0.1) is 0 Å². The maximum absolute atomic E-state index is 10.5. The summed E-state index contributed by atoms with van der Waals surface area (Å²) in [4.78, 5) is 10.5. The van der Waals surface area contributed by atoms with Gasteiger partial charge in [-0.25, -0.2) is 0 Å². The number of aliphatic hydroxyl groups excluding tert-OH is 1. The lowest BCUT2D eigenvalue weighted by Crippen LogP contribution is -1.99. The van der Waals surface area contributed by atoms with E-state index in [9.17, 15) is 4.79 Å². The maximum atomic E-state index is 10.5. The molecule has 0 aliphatic heterocycles. The van der Waals surface area contributed by atoms with Gasteiger partial charge in [0.05, 0.1) is 6.61 Å². The highest BCUT2D eigenvalue weighted by molar-refractivity contribution is 5.78. The molecule has 0 fully saturated rings. The summed E-state index contributed by atoms with van der Waals surface area (Å²) in [5.74, 6) is 0.227. The molecule has 0 amide bonds. The van der Waals surface area contributed by atoms with Gasteiger partial charge in [0.1, 0.15) is 6.61 Å². The van der Waals surface area contributed by atoms with Crippen molar-refractivity contribution in [2.75, 3.05) is 13.2 Å². The van der Waals surface area contributed by atoms with Crippen molar-refractivity contribution in [2.45, 2.75) is 0 Å². The SMILES string of the molecule is O=CC(=Cc1ccccc1)OCCO. The minimum absolute atomic E-state index is 0.0973. The standard InChI is InChI=1S/C11H12O3/c12-6-7-14-11(9-13)8-10-4-2-1-3-5-10/h1-5,8-9,12H,6-7H2. The Bertz CT molecular complexity index is 304. The van der Waals surface area contributed by atoms with Gasteiger partial charge in [0.15, 0.2) is 12.0 Å². The first-order valence-electron chi connectivity index (χ1n) is 4.32. The number of hydrogen-bond donors (Lipinski definition) is 1. The van der Waals surface area contributed by atoms with Gasteiger partial charge in [0.2, 0.25) is 0 Å². The number of ether oxygens (including phenoxy) is 1. The quantitative estimate of drug-likeness (QED) is 0.433. The highest BCUT2D eigenvalue weighted by Gasteiger charge is 1.95. The molecule has 0 atom stereocenters. The molecule has 0 unspecified atom stereocenters. The van der Waals surface area contributed by atoms with Crippen molar-refractivity contribution < 1.29 is 14.6 Å². The Morgan fingerprint density at radius 1 is 1.36 bits per heavy atom. The second kappa shape index (κ2) is 5.94. The van der Waals surface area contributed by atoms with Gasteiger partial charge in [0, 0.05) is 0 Å².